The summed E-state index contributed by atoms with van der Waals surface area (Å²) in [6.45, 7) is 0. The summed E-state index contributed by atoms with van der Waals surface area (Å²) in [6.07, 6.45) is 0. The molecule has 0 saturated heterocycles. The number of nitrogens with zero attached hydrogens (tertiary/aromatic N) is 3. The summed E-state index contributed by atoms with van der Waals surface area (Å²) >= 11 is 0.820. The van der Waals surface area contributed by atoms with Crippen LogP contribution in [-0.4, -0.2) is 14.1 Å². The minimum atomic E-state index is -0.575. The first-order valence-electron chi connectivity index (χ1n) is 4.27. The van der Waals surface area contributed by atoms with Gasteiger partial charge in [0, 0.05) is 20.2 Å². The third kappa shape index (κ3) is 1.27. The first kappa shape index (κ1) is 10.6. The van der Waals surface area contributed by atoms with Crippen molar-refractivity contribution in [3.63, 3.8) is 0 Å². The Kier molecular flexibility index (Phi) is 2.16. The topological polar surface area (TPSA) is 87.1 Å². The maximum atomic E-state index is 11.7. The highest BCUT2D eigenvalue weighted by molar-refractivity contribution is 7.21. The van der Waals surface area contributed by atoms with E-state index in [1.807, 2.05) is 0 Å². The molecule has 0 unspecified atom stereocenters. The Morgan fingerprint density at radius 3 is 2.50 bits per heavy atom. The van der Waals surface area contributed by atoms with E-state index < -0.39 is 16.2 Å². The van der Waals surface area contributed by atoms with Crippen LogP contribution >= 0.6 is 11.3 Å². The van der Waals surface area contributed by atoms with E-state index in [0.717, 1.165) is 15.9 Å². The van der Waals surface area contributed by atoms with Gasteiger partial charge in [-0.05, 0) is 11.3 Å². The van der Waals surface area contributed by atoms with Crippen LogP contribution < -0.4 is 11.2 Å². The van der Waals surface area contributed by atoms with Crippen LogP contribution in [0.15, 0.2) is 15.7 Å². The maximum absolute atomic E-state index is 11.7. The molecule has 0 atom stereocenters. The van der Waals surface area contributed by atoms with Gasteiger partial charge in [0.1, 0.15) is 4.83 Å². The average molecular weight is 241 g/mol. The molecule has 16 heavy (non-hydrogen) atoms. The van der Waals surface area contributed by atoms with Crippen LogP contribution in [0.25, 0.3) is 10.2 Å². The second kappa shape index (κ2) is 3.27. The normalized spacial score (nSPS) is 10.9. The van der Waals surface area contributed by atoms with Crippen molar-refractivity contribution in [1.82, 2.24) is 9.13 Å². The highest BCUT2D eigenvalue weighted by Crippen LogP contribution is 2.27. The fourth-order valence-electron chi connectivity index (χ4n) is 1.44. The van der Waals surface area contributed by atoms with Crippen LogP contribution in [0, 0.1) is 10.1 Å². The molecular formula is C8H7N3O4S. The number of aromatic nitrogens is 2. The lowest BCUT2D eigenvalue weighted by Gasteiger charge is -2.01. The number of nitro groups is 1. The zero-order chi connectivity index (χ0) is 12.0. The first-order valence-corrected chi connectivity index (χ1v) is 5.09. The maximum Gasteiger partial charge on any atom is 0.331 e. The highest BCUT2D eigenvalue weighted by atomic mass is 32.1. The van der Waals surface area contributed by atoms with Crippen molar-refractivity contribution in [2.45, 2.75) is 0 Å². The lowest BCUT2D eigenvalue weighted by Crippen LogP contribution is -2.36. The smallest absolute Gasteiger partial charge is 0.287 e. The van der Waals surface area contributed by atoms with Crippen molar-refractivity contribution >= 4 is 26.6 Å². The van der Waals surface area contributed by atoms with Crippen LogP contribution in [-0.2, 0) is 14.1 Å². The summed E-state index contributed by atoms with van der Waals surface area (Å²) in [6, 6.07) is 1.20. The molecule has 84 valence electrons. The van der Waals surface area contributed by atoms with Crippen LogP contribution in [0.1, 0.15) is 0 Å². The lowest BCUT2D eigenvalue weighted by atomic mass is 10.4. The van der Waals surface area contributed by atoms with Gasteiger partial charge in [-0.15, -0.1) is 0 Å². The van der Waals surface area contributed by atoms with Gasteiger partial charge in [-0.3, -0.25) is 24.0 Å². The molecule has 0 aliphatic heterocycles. The molecule has 0 fully saturated rings. The van der Waals surface area contributed by atoms with Crippen LogP contribution in [0.4, 0.5) is 5.00 Å². The molecule has 0 spiro atoms. The molecule has 7 nitrogen and oxygen atoms in total. The van der Waals surface area contributed by atoms with Crippen LogP contribution in [0.2, 0.25) is 0 Å². The molecule has 0 radical (unpaired) electrons. The van der Waals surface area contributed by atoms with Gasteiger partial charge in [-0.25, -0.2) is 4.79 Å². The summed E-state index contributed by atoms with van der Waals surface area (Å²) < 4.78 is 2.16. The molecule has 0 amide bonds. The summed E-state index contributed by atoms with van der Waals surface area (Å²) in [5.41, 5.74) is -1.00. The molecule has 2 heterocycles. The van der Waals surface area contributed by atoms with E-state index in [4.69, 9.17) is 0 Å². The minimum absolute atomic E-state index is 0.145. The molecule has 0 bridgehead atoms. The Bertz CT molecular complexity index is 708. The Balaban J connectivity index is 3.04. The average Bonchev–Trinajstić information content (AvgIpc) is 2.68. The minimum Gasteiger partial charge on any atom is -0.287 e. The predicted octanol–water partition coefficient (Wildman–Crippen LogP) is 0.207. The fraction of sp³-hybridized carbons (Fsp3) is 0.250. The number of hydrogen-bond donors (Lipinski definition) is 0. The Labute approximate surface area is 92.3 Å². The van der Waals surface area contributed by atoms with Gasteiger partial charge >= 0.3 is 10.7 Å². The van der Waals surface area contributed by atoms with Crippen molar-refractivity contribution in [2.24, 2.45) is 14.1 Å². The standard InChI is InChI=1S/C8H7N3O4S/c1-9-6(12)4-3-5(11(14)15)16-7(4)10(2)8(9)13/h3H,1-2H3. The Hall–Kier alpha value is -1.96. The Morgan fingerprint density at radius 1 is 1.31 bits per heavy atom. The van der Waals surface area contributed by atoms with Gasteiger partial charge in [-0.2, -0.15) is 0 Å². The van der Waals surface area contributed by atoms with Crippen LogP contribution in [0.5, 0.6) is 0 Å². The van der Waals surface area contributed by atoms with Gasteiger partial charge in [0.2, 0.25) is 0 Å². The molecule has 0 aliphatic carbocycles. The first-order chi connectivity index (χ1) is 7.43. The monoisotopic (exact) mass is 241 g/mol. The highest BCUT2D eigenvalue weighted by Gasteiger charge is 2.17. The summed E-state index contributed by atoms with van der Waals surface area (Å²) in [5, 5.41) is 10.6. The summed E-state index contributed by atoms with van der Waals surface area (Å²) in [7, 11) is 2.82. The van der Waals surface area contributed by atoms with E-state index in [-0.39, 0.29) is 10.4 Å². The Morgan fingerprint density at radius 2 is 1.94 bits per heavy atom. The SMILES string of the molecule is Cn1c(=O)c2cc([N+](=O)[O-])sc2n(C)c1=O. The number of hydrogen-bond acceptors (Lipinski definition) is 5. The second-order valence-electron chi connectivity index (χ2n) is 3.27. The molecule has 8 heteroatoms. The van der Waals surface area contributed by atoms with Gasteiger partial charge in [0.05, 0.1) is 10.3 Å². The second-order valence-corrected chi connectivity index (χ2v) is 4.28. The summed E-state index contributed by atoms with van der Waals surface area (Å²) in [4.78, 5) is 33.5. The van der Waals surface area contributed by atoms with E-state index in [1.54, 1.807) is 0 Å². The van der Waals surface area contributed by atoms with Crippen molar-refractivity contribution in [1.29, 1.82) is 0 Å². The fourth-order valence-corrected chi connectivity index (χ4v) is 2.36. The number of aryl methyl sites for hydroxylation is 1. The van der Waals surface area contributed by atoms with E-state index in [9.17, 15) is 19.7 Å². The molecule has 0 aromatic carbocycles. The van der Waals surface area contributed by atoms with E-state index in [0.29, 0.717) is 4.83 Å². The predicted molar refractivity (Wildman–Crippen MR) is 59.0 cm³/mol. The van der Waals surface area contributed by atoms with Crippen LogP contribution in [0.3, 0.4) is 0 Å². The van der Waals surface area contributed by atoms with Gasteiger partial charge in [-0.1, -0.05) is 0 Å². The zero-order valence-corrected chi connectivity index (χ0v) is 9.28. The molecular weight excluding hydrogens is 234 g/mol. The summed E-state index contributed by atoms with van der Waals surface area (Å²) in [5.74, 6) is 0. The molecule has 0 saturated carbocycles. The van der Waals surface area contributed by atoms with E-state index >= 15 is 0 Å². The van der Waals surface area contributed by atoms with Crippen molar-refractivity contribution < 1.29 is 4.92 Å². The number of fused-ring (bicyclic) bond motifs is 1. The number of rotatable bonds is 1. The molecule has 0 aliphatic rings. The third-order valence-electron chi connectivity index (χ3n) is 2.29. The number of thiophene rings is 1. The van der Waals surface area contributed by atoms with Crippen molar-refractivity contribution in [2.75, 3.05) is 0 Å². The molecule has 0 N–H and O–H groups in total. The van der Waals surface area contributed by atoms with Gasteiger partial charge in [0.25, 0.3) is 5.56 Å². The van der Waals surface area contributed by atoms with E-state index in [1.165, 1.54) is 24.7 Å². The zero-order valence-electron chi connectivity index (χ0n) is 8.46. The van der Waals surface area contributed by atoms with Crippen molar-refractivity contribution in [3.05, 3.63) is 37.0 Å². The largest absolute Gasteiger partial charge is 0.331 e. The molecule has 2 aromatic heterocycles. The molecule has 2 rings (SSSR count). The molecule has 2 aromatic rings. The third-order valence-corrected chi connectivity index (χ3v) is 3.46. The van der Waals surface area contributed by atoms with Crippen molar-refractivity contribution in [3.8, 4) is 0 Å². The van der Waals surface area contributed by atoms with Gasteiger partial charge < -0.3 is 0 Å². The van der Waals surface area contributed by atoms with Gasteiger partial charge in [0.15, 0.2) is 0 Å². The quantitative estimate of drug-likeness (QED) is 0.527. The lowest BCUT2D eigenvalue weighted by molar-refractivity contribution is -0.380. The van der Waals surface area contributed by atoms with E-state index in [2.05, 4.69) is 0 Å².